The molecule has 0 heterocycles. The normalized spacial score (nSPS) is 10.8. The lowest BCUT2D eigenvalue weighted by molar-refractivity contribution is 0.135. The van der Waals surface area contributed by atoms with Gasteiger partial charge in [-0.1, -0.05) is 25.8 Å². The van der Waals surface area contributed by atoms with Crippen molar-refractivity contribution in [3.8, 4) is 18.1 Å². The Labute approximate surface area is 147 Å². The number of carbonyl (C=O) groups excluding carboxylic acids is 1. The Morgan fingerprint density at radius 2 is 2.08 bits per heavy atom. The molecule has 0 atom stereocenters. The number of nitrogens with zero attached hydrogens (tertiary/aromatic N) is 1. The van der Waals surface area contributed by atoms with Crippen molar-refractivity contribution in [3.63, 3.8) is 0 Å². The molecule has 0 aliphatic heterocycles. The van der Waals surface area contributed by atoms with Gasteiger partial charge in [0, 0.05) is 26.1 Å². The average Bonchev–Trinajstić information content (AvgIpc) is 2.58. The molecule has 0 unspecified atom stereocenters. The van der Waals surface area contributed by atoms with Gasteiger partial charge >= 0.3 is 6.09 Å². The number of terminal acetylenes is 1. The Balaban J connectivity index is 2.45. The molecular formula is C20H22FNO3. The lowest BCUT2D eigenvalue weighted by atomic mass is 9.92. The summed E-state index contributed by atoms with van der Waals surface area (Å²) in [6.45, 7) is 4.81. The maximum Gasteiger partial charge on any atom is 0.415 e. The van der Waals surface area contributed by atoms with Crippen LogP contribution in [-0.2, 0) is 4.74 Å². The number of ether oxygens (including phenoxy) is 2. The van der Waals surface area contributed by atoms with Crippen LogP contribution in [0.4, 0.5) is 9.18 Å². The van der Waals surface area contributed by atoms with Gasteiger partial charge in [-0.15, -0.1) is 6.42 Å². The molecule has 132 valence electrons. The van der Waals surface area contributed by atoms with E-state index in [1.165, 1.54) is 11.0 Å². The Hall–Kier alpha value is -2.58. The Morgan fingerprint density at radius 1 is 1.36 bits per heavy atom. The highest BCUT2D eigenvalue weighted by Crippen LogP contribution is 2.33. The molecule has 2 aromatic rings. The van der Waals surface area contributed by atoms with Crippen molar-refractivity contribution in [2.24, 2.45) is 0 Å². The third-order valence-corrected chi connectivity index (χ3v) is 3.98. The number of halogens is 1. The van der Waals surface area contributed by atoms with Crippen LogP contribution in [-0.4, -0.2) is 38.3 Å². The molecule has 2 aromatic carbocycles. The van der Waals surface area contributed by atoms with Gasteiger partial charge in [0.15, 0.2) is 0 Å². The van der Waals surface area contributed by atoms with Crippen molar-refractivity contribution >= 4 is 16.9 Å². The summed E-state index contributed by atoms with van der Waals surface area (Å²) in [6.07, 6.45) is 5.02. The van der Waals surface area contributed by atoms with Gasteiger partial charge in [-0.3, -0.25) is 0 Å². The molecule has 1 amide bonds. The van der Waals surface area contributed by atoms with Gasteiger partial charge in [0.2, 0.25) is 0 Å². The number of rotatable bonds is 5. The van der Waals surface area contributed by atoms with Crippen molar-refractivity contribution in [2.45, 2.75) is 19.8 Å². The van der Waals surface area contributed by atoms with Crippen LogP contribution in [0.1, 0.15) is 30.9 Å². The van der Waals surface area contributed by atoms with Crippen LogP contribution in [0.15, 0.2) is 24.3 Å². The Morgan fingerprint density at radius 3 is 2.68 bits per heavy atom. The van der Waals surface area contributed by atoms with E-state index in [0.717, 1.165) is 10.9 Å². The first-order chi connectivity index (χ1) is 11.9. The second kappa shape index (κ2) is 8.00. The fourth-order valence-corrected chi connectivity index (χ4v) is 2.60. The van der Waals surface area contributed by atoms with Crippen LogP contribution >= 0.6 is 0 Å². The van der Waals surface area contributed by atoms with Gasteiger partial charge in [-0.2, -0.15) is 0 Å². The summed E-state index contributed by atoms with van der Waals surface area (Å²) in [5, 5.41) is 1.42. The summed E-state index contributed by atoms with van der Waals surface area (Å²) in [5.74, 6) is 2.49. The quantitative estimate of drug-likeness (QED) is 0.765. The summed E-state index contributed by atoms with van der Waals surface area (Å²) in [6, 6.07) is 6.42. The third-order valence-electron chi connectivity index (χ3n) is 3.98. The van der Waals surface area contributed by atoms with E-state index in [0.29, 0.717) is 24.3 Å². The zero-order valence-electron chi connectivity index (χ0n) is 14.9. The minimum Gasteiger partial charge on any atom is -0.410 e. The molecule has 25 heavy (non-hydrogen) atoms. The van der Waals surface area contributed by atoms with Gasteiger partial charge in [0.25, 0.3) is 0 Å². The zero-order chi connectivity index (χ0) is 18.6. The van der Waals surface area contributed by atoms with Crippen LogP contribution in [0.5, 0.6) is 5.75 Å². The van der Waals surface area contributed by atoms with Crippen LogP contribution < -0.4 is 4.74 Å². The molecule has 0 bridgehead atoms. The maximum absolute atomic E-state index is 14.1. The third kappa shape index (κ3) is 4.09. The second-order valence-electron chi connectivity index (χ2n) is 6.11. The maximum atomic E-state index is 14.1. The lowest BCUT2D eigenvalue weighted by Crippen LogP contribution is -2.32. The molecule has 2 rings (SSSR count). The number of methoxy groups -OCH3 is 1. The first kappa shape index (κ1) is 18.8. The van der Waals surface area contributed by atoms with Gasteiger partial charge in [0.1, 0.15) is 11.6 Å². The summed E-state index contributed by atoms with van der Waals surface area (Å²) in [5.41, 5.74) is 1.07. The van der Waals surface area contributed by atoms with Crippen molar-refractivity contribution < 1.29 is 18.7 Å². The van der Waals surface area contributed by atoms with Gasteiger partial charge < -0.3 is 14.4 Å². The summed E-state index contributed by atoms with van der Waals surface area (Å²) in [7, 11) is 3.21. The first-order valence-electron chi connectivity index (χ1n) is 8.03. The zero-order valence-corrected chi connectivity index (χ0v) is 14.9. The molecule has 0 aliphatic carbocycles. The molecule has 4 nitrogen and oxygen atoms in total. The molecule has 0 fully saturated rings. The van der Waals surface area contributed by atoms with Crippen molar-refractivity contribution in [2.75, 3.05) is 27.3 Å². The van der Waals surface area contributed by atoms with E-state index < -0.39 is 11.9 Å². The fraction of sp³-hybridized carbons (Fsp3) is 0.350. The number of carbonyl (C=O) groups is 1. The molecule has 0 radical (unpaired) electrons. The van der Waals surface area contributed by atoms with E-state index >= 15 is 0 Å². The minimum absolute atomic E-state index is 0.0845. The average molecular weight is 343 g/mol. The number of amides is 1. The predicted molar refractivity (Wildman–Crippen MR) is 96.5 cm³/mol. The highest BCUT2D eigenvalue weighted by atomic mass is 19.1. The van der Waals surface area contributed by atoms with Gasteiger partial charge in [0.05, 0.1) is 12.2 Å². The minimum atomic E-state index is -0.481. The van der Waals surface area contributed by atoms with Crippen molar-refractivity contribution in [1.29, 1.82) is 0 Å². The monoisotopic (exact) mass is 343 g/mol. The van der Waals surface area contributed by atoms with Crippen LogP contribution in [0, 0.1) is 18.2 Å². The summed E-state index contributed by atoms with van der Waals surface area (Å²) in [4.78, 5) is 13.6. The first-order valence-corrected chi connectivity index (χ1v) is 8.03. The highest BCUT2D eigenvalue weighted by Gasteiger charge is 2.17. The van der Waals surface area contributed by atoms with E-state index in [2.05, 4.69) is 5.92 Å². The van der Waals surface area contributed by atoms with E-state index in [4.69, 9.17) is 15.9 Å². The SMILES string of the molecule is C#Cc1c(F)ccc2cc(OC(=O)N(C)CCOC)cc(C(C)C)c12. The van der Waals surface area contributed by atoms with Crippen LogP contribution in [0.2, 0.25) is 0 Å². The summed E-state index contributed by atoms with van der Waals surface area (Å²) >= 11 is 0. The van der Waals surface area contributed by atoms with Crippen molar-refractivity contribution in [1.82, 2.24) is 4.90 Å². The topological polar surface area (TPSA) is 38.8 Å². The number of hydrogen-bond donors (Lipinski definition) is 0. The second-order valence-corrected chi connectivity index (χ2v) is 6.11. The standard InChI is InChI=1S/C20H22FNO3/c1-6-16-18(21)8-7-14-11-15(12-17(13(2)3)19(14)16)25-20(23)22(4)9-10-24-5/h1,7-8,11-13H,9-10H2,2-5H3. The fourth-order valence-electron chi connectivity index (χ4n) is 2.60. The number of likely N-dealkylation sites (N-methyl/N-ethyl adjacent to an activating group) is 1. The Kier molecular flexibility index (Phi) is 6.00. The summed E-state index contributed by atoms with van der Waals surface area (Å²) < 4.78 is 24.5. The molecule has 0 saturated carbocycles. The number of fused-ring (bicyclic) bond motifs is 1. The largest absolute Gasteiger partial charge is 0.415 e. The molecule has 0 N–H and O–H groups in total. The van der Waals surface area contributed by atoms with Crippen LogP contribution in [0.3, 0.4) is 0 Å². The molecule has 0 saturated heterocycles. The predicted octanol–water partition coefficient (Wildman–Crippen LogP) is 4.16. The van der Waals surface area contributed by atoms with Crippen molar-refractivity contribution in [3.05, 3.63) is 41.2 Å². The molecular weight excluding hydrogens is 321 g/mol. The van der Waals surface area contributed by atoms with Gasteiger partial charge in [-0.05, 0) is 35.1 Å². The lowest BCUT2D eigenvalue weighted by Gasteiger charge is -2.18. The van der Waals surface area contributed by atoms with E-state index in [1.54, 1.807) is 32.4 Å². The molecule has 0 aromatic heterocycles. The Bertz CT molecular complexity index is 824. The van der Waals surface area contributed by atoms with Gasteiger partial charge in [-0.25, -0.2) is 9.18 Å². The van der Waals surface area contributed by atoms with Crippen LogP contribution in [0.25, 0.3) is 10.8 Å². The molecule has 0 aliphatic rings. The van der Waals surface area contributed by atoms with E-state index in [9.17, 15) is 9.18 Å². The molecule has 5 heteroatoms. The smallest absolute Gasteiger partial charge is 0.410 e. The number of benzene rings is 2. The number of hydrogen-bond acceptors (Lipinski definition) is 3. The van der Waals surface area contributed by atoms with E-state index in [1.807, 2.05) is 13.8 Å². The molecule has 0 spiro atoms. The highest BCUT2D eigenvalue weighted by molar-refractivity contribution is 5.93. The van der Waals surface area contributed by atoms with E-state index in [-0.39, 0.29) is 11.5 Å².